The Bertz CT molecular complexity index is 1450. The highest BCUT2D eigenvalue weighted by Crippen LogP contribution is 2.35. The van der Waals surface area contributed by atoms with Crippen LogP contribution in [0.1, 0.15) is 70.1 Å². The lowest BCUT2D eigenvalue weighted by atomic mass is 9.92. The van der Waals surface area contributed by atoms with Crippen molar-refractivity contribution in [1.82, 2.24) is 20.0 Å². The summed E-state index contributed by atoms with van der Waals surface area (Å²) in [4.78, 5) is 31.7. The molecule has 0 spiro atoms. The van der Waals surface area contributed by atoms with Gasteiger partial charge in [0.1, 0.15) is 5.75 Å². The number of piperidine rings is 1. The first kappa shape index (κ1) is 31.4. The van der Waals surface area contributed by atoms with Crippen LogP contribution in [0.15, 0.2) is 85.5 Å². The van der Waals surface area contributed by atoms with Crippen molar-refractivity contribution in [2.75, 3.05) is 32.7 Å². The van der Waals surface area contributed by atoms with E-state index in [9.17, 15) is 14.7 Å². The summed E-state index contributed by atoms with van der Waals surface area (Å²) >= 11 is 0. The van der Waals surface area contributed by atoms with Crippen LogP contribution in [0.25, 0.3) is 0 Å². The topological polar surface area (TPSA) is 96.4 Å². The minimum Gasteiger partial charge on any atom is -0.508 e. The van der Waals surface area contributed by atoms with Gasteiger partial charge in [0.15, 0.2) is 0 Å². The number of likely N-dealkylation sites (tertiary alicyclic amines) is 1. The van der Waals surface area contributed by atoms with Crippen LogP contribution < -0.4 is 5.32 Å². The molecular formula is C36H44N4O4. The fourth-order valence-electron chi connectivity index (χ4n) is 6.61. The van der Waals surface area contributed by atoms with Crippen LogP contribution in [-0.4, -0.2) is 87.6 Å². The first-order chi connectivity index (χ1) is 21.2. The van der Waals surface area contributed by atoms with E-state index in [0.717, 1.165) is 49.2 Å². The highest BCUT2D eigenvalue weighted by atomic mass is 16.4. The molecule has 1 amide bonds. The van der Waals surface area contributed by atoms with E-state index in [1.807, 2.05) is 53.4 Å². The Morgan fingerprint density at radius 2 is 1.61 bits per heavy atom. The fraction of sp³-hybridized carbons (Fsp3) is 0.389. The van der Waals surface area contributed by atoms with Crippen LogP contribution in [0, 0.1) is 0 Å². The van der Waals surface area contributed by atoms with Gasteiger partial charge < -0.3 is 20.4 Å². The molecule has 0 aliphatic carbocycles. The number of phenols is 1. The number of carbonyl (C=O) groups excluding carboxylic acids is 1. The van der Waals surface area contributed by atoms with Gasteiger partial charge >= 0.3 is 5.97 Å². The third-order valence-electron chi connectivity index (χ3n) is 9.07. The van der Waals surface area contributed by atoms with Crippen molar-refractivity contribution in [3.05, 3.63) is 113 Å². The van der Waals surface area contributed by atoms with Crippen LogP contribution >= 0.6 is 0 Å². The fourth-order valence-corrected chi connectivity index (χ4v) is 6.61. The normalized spacial score (nSPS) is 20.7. The van der Waals surface area contributed by atoms with Gasteiger partial charge in [-0.3, -0.25) is 14.6 Å². The predicted octanol–water partition coefficient (Wildman–Crippen LogP) is 5.15. The van der Waals surface area contributed by atoms with E-state index in [1.54, 1.807) is 18.2 Å². The number of piperazine rings is 1. The highest BCUT2D eigenvalue weighted by Gasteiger charge is 2.35. The number of benzene rings is 3. The molecule has 2 fully saturated rings. The summed E-state index contributed by atoms with van der Waals surface area (Å²) in [6.07, 6.45) is 3.67. The smallest absolute Gasteiger partial charge is 0.335 e. The van der Waals surface area contributed by atoms with E-state index in [0.29, 0.717) is 37.3 Å². The molecular weight excluding hydrogens is 552 g/mol. The molecule has 2 saturated heterocycles. The van der Waals surface area contributed by atoms with Gasteiger partial charge in [-0.05, 0) is 79.8 Å². The maximum absolute atomic E-state index is 13.7. The zero-order chi connectivity index (χ0) is 31.2. The number of nitrogens with one attached hydrogen (secondary N) is 1. The van der Waals surface area contributed by atoms with Crippen molar-refractivity contribution in [3.63, 3.8) is 0 Å². The SMILES string of the molecule is C=CCN1C[C@H](C)N([C@@H](c2cccc(O)c2)c2cccc(C(=O)N3CCC(NCc4ccc(C(=O)O)cc4)CC3)c2)C[C@H]1C. The van der Waals surface area contributed by atoms with Gasteiger partial charge in [-0.15, -0.1) is 6.58 Å². The number of aromatic carboxylic acids is 1. The van der Waals surface area contributed by atoms with Crippen LogP contribution in [0.4, 0.5) is 0 Å². The molecule has 232 valence electrons. The summed E-state index contributed by atoms with van der Waals surface area (Å²) < 4.78 is 0. The maximum Gasteiger partial charge on any atom is 0.335 e. The third kappa shape index (κ3) is 7.38. The summed E-state index contributed by atoms with van der Waals surface area (Å²) in [5.41, 5.74) is 4.06. The minimum absolute atomic E-state index is 0.0430. The summed E-state index contributed by atoms with van der Waals surface area (Å²) in [6, 6.07) is 23.2. The standard InChI is InChI=1S/C36H44N4O4/c1-4-17-39-23-26(3)40(24-25(39)2)34(30-8-6-10-33(41)21-30)29-7-5-9-31(20-29)35(42)38-18-15-32(16-19-38)37-22-27-11-13-28(14-12-27)36(43)44/h4-14,20-21,25-26,32,34,37,41H,1,15-19,22-24H2,2-3H3,(H,43,44)/t25-,26+,34-/m1/s1. The average molecular weight is 597 g/mol. The quantitative estimate of drug-likeness (QED) is 0.279. The van der Waals surface area contributed by atoms with Crippen LogP contribution in [-0.2, 0) is 6.54 Å². The number of aromatic hydroxyl groups is 1. The summed E-state index contributed by atoms with van der Waals surface area (Å²) in [7, 11) is 0. The van der Waals surface area contributed by atoms with Crippen LogP contribution in [0.2, 0.25) is 0 Å². The second-order valence-electron chi connectivity index (χ2n) is 12.2. The minimum atomic E-state index is -0.923. The van der Waals surface area contributed by atoms with Gasteiger partial charge in [-0.25, -0.2) is 4.79 Å². The van der Waals surface area contributed by atoms with Gasteiger partial charge in [-0.1, -0.05) is 42.5 Å². The lowest BCUT2D eigenvalue weighted by molar-refractivity contribution is 0.0306. The first-order valence-corrected chi connectivity index (χ1v) is 15.6. The summed E-state index contributed by atoms with van der Waals surface area (Å²) in [6.45, 7) is 13.1. The lowest BCUT2D eigenvalue weighted by Crippen LogP contribution is -2.57. The van der Waals surface area contributed by atoms with Gasteiger partial charge in [0.25, 0.3) is 5.91 Å². The Morgan fingerprint density at radius 1 is 0.932 bits per heavy atom. The van der Waals surface area contributed by atoms with E-state index in [4.69, 9.17) is 5.11 Å². The molecule has 0 aromatic heterocycles. The van der Waals surface area contributed by atoms with Gasteiger partial charge in [-0.2, -0.15) is 0 Å². The Labute approximate surface area is 260 Å². The number of hydrogen-bond acceptors (Lipinski definition) is 6. The third-order valence-corrected chi connectivity index (χ3v) is 9.07. The van der Waals surface area contributed by atoms with Crippen molar-refractivity contribution in [2.45, 2.75) is 57.4 Å². The largest absolute Gasteiger partial charge is 0.508 e. The Kier molecular flexibility index (Phi) is 10.1. The monoisotopic (exact) mass is 596 g/mol. The molecule has 5 rings (SSSR count). The van der Waals surface area contributed by atoms with Crippen LogP contribution in [0.5, 0.6) is 5.75 Å². The van der Waals surface area contributed by atoms with E-state index in [1.165, 1.54) is 0 Å². The summed E-state index contributed by atoms with van der Waals surface area (Å²) in [5, 5.41) is 23.1. The number of amides is 1. The van der Waals surface area contributed by atoms with Crippen LogP contribution in [0.3, 0.4) is 0 Å². The van der Waals surface area contributed by atoms with Crippen molar-refractivity contribution in [3.8, 4) is 5.75 Å². The molecule has 2 aliphatic heterocycles. The van der Waals surface area contributed by atoms with E-state index in [2.05, 4.69) is 47.7 Å². The van der Waals surface area contributed by atoms with Gasteiger partial charge in [0.05, 0.1) is 11.6 Å². The van der Waals surface area contributed by atoms with E-state index in [-0.39, 0.29) is 29.3 Å². The number of phenolic OH excluding ortho intramolecular Hbond substituents is 1. The zero-order valence-electron chi connectivity index (χ0n) is 25.7. The second kappa shape index (κ2) is 14.2. The van der Waals surface area contributed by atoms with Crippen molar-refractivity contribution < 1.29 is 19.8 Å². The van der Waals surface area contributed by atoms with Crippen molar-refractivity contribution >= 4 is 11.9 Å². The summed E-state index contributed by atoms with van der Waals surface area (Å²) in [5.74, 6) is -0.644. The zero-order valence-corrected chi connectivity index (χ0v) is 25.7. The lowest BCUT2D eigenvalue weighted by Gasteiger charge is -2.47. The molecule has 0 saturated carbocycles. The molecule has 2 aliphatic rings. The number of carboxylic acid groups (broad SMARTS) is 1. The number of carboxylic acids is 1. The number of hydrogen-bond donors (Lipinski definition) is 3. The maximum atomic E-state index is 13.7. The van der Waals surface area contributed by atoms with E-state index < -0.39 is 5.97 Å². The molecule has 2 heterocycles. The molecule has 0 bridgehead atoms. The Morgan fingerprint density at radius 3 is 2.27 bits per heavy atom. The molecule has 3 atom stereocenters. The highest BCUT2D eigenvalue weighted by molar-refractivity contribution is 5.94. The number of nitrogens with zero attached hydrogens (tertiary/aromatic N) is 3. The molecule has 0 unspecified atom stereocenters. The average Bonchev–Trinajstić information content (AvgIpc) is 3.03. The Balaban J connectivity index is 1.27. The molecule has 3 aromatic carbocycles. The first-order valence-electron chi connectivity index (χ1n) is 15.6. The second-order valence-corrected chi connectivity index (χ2v) is 12.2. The Hall–Kier alpha value is -3.98. The van der Waals surface area contributed by atoms with Crippen molar-refractivity contribution in [2.24, 2.45) is 0 Å². The molecule has 44 heavy (non-hydrogen) atoms. The molecule has 3 aromatic rings. The molecule has 8 nitrogen and oxygen atoms in total. The van der Waals surface area contributed by atoms with Gasteiger partial charge in [0, 0.05) is 63.0 Å². The van der Waals surface area contributed by atoms with Crippen molar-refractivity contribution in [1.29, 1.82) is 0 Å². The number of carbonyl (C=O) groups is 2. The van der Waals surface area contributed by atoms with Gasteiger partial charge in [0.2, 0.25) is 0 Å². The van der Waals surface area contributed by atoms with E-state index >= 15 is 0 Å². The number of rotatable bonds is 10. The molecule has 3 N–H and O–H groups in total. The molecule has 8 heteroatoms. The predicted molar refractivity (Wildman–Crippen MR) is 173 cm³/mol. The molecule has 0 radical (unpaired) electrons.